The first kappa shape index (κ1) is 11.5. The van der Waals surface area contributed by atoms with Gasteiger partial charge in [0, 0.05) is 31.4 Å². The number of nitrogens with zero attached hydrogens (tertiary/aromatic N) is 4. The van der Waals surface area contributed by atoms with Gasteiger partial charge in [0.05, 0.1) is 12.7 Å². The third kappa shape index (κ3) is 3.28. The van der Waals surface area contributed by atoms with Crippen molar-refractivity contribution in [2.24, 2.45) is 0 Å². The predicted octanol–water partition coefficient (Wildman–Crippen LogP) is 0.350. The standard InChI is InChI=1S/C11H21N5/c1-10(2)13-11-3-5-15(9-11)7-8-16-6-4-12-14-16/h4,6,10-11,13H,3,5,7-9H2,1-2H3. The van der Waals surface area contributed by atoms with Gasteiger partial charge < -0.3 is 5.32 Å². The molecule has 1 aromatic heterocycles. The summed E-state index contributed by atoms with van der Waals surface area (Å²) >= 11 is 0. The van der Waals surface area contributed by atoms with Gasteiger partial charge >= 0.3 is 0 Å². The third-order valence-corrected chi connectivity index (χ3v) is 2.96. The second kappa shape index (κ2) is 5.41. The van der Waals surface area contributed by atoms with Crippen molar-refractivity contribution in [1.82, 2.24) is 25.2 Å². The third-order valence-electron chi connectivity index (χ3n) is 2.96. The Kier molecular flexibility index (Phi) is 3.90. The molecule has 5 nitrogen and oxygen atoms in total. The first-order valence-electron chi connectivity index (χ1n) is 6.06. The van der Waals surface area contributed by atoms with Crippen LogP contribution in [0.4, 0.5) is 0 Å². The van der Waals surface area contributed by atoms with Crippen LogP contribution in [0, 0.1) is 0 Å². The smallest absolute Gasteiger partial charge is 0.0692 e. The summed E-state index contributed by atoms with van der Waals surface area (Å²) in [5.41, 5.74) is 0. The Labute approximate surface area is 96.8 Å². The molecule has 1 aliphatic rings. The van der Waals surface area contributed by atoms with Crippen LogP contribution in [0.5, 0.6) is 0 Å². The van der Waals surface area contributed by atoms with Crippen molar-refractivity contribution in [1.29, 1.82) is 0 Å². The van der Waals surface area contributed by atoms with Gasteiger partial charge in [-0.3, -0.25) is 9.58 Å². The molecule has 0 bridgehead atoms. The van der Waals surface area contributed by atoms with Crippen LogP contribution in [-0.4, -0.2) is 51.6 Å². The molecule has 0 saturated carbocycles. The van der Waals surface area contributed by atoms with E-state index in [0.717, 1.165) is 19.6 Å². The van der Waals surface area contributed by atoms with E-state index in [2.05, 4.69) is 34.4 Å². The van der Waals surface area contributed by atoms with Crippen molar-refractivity contribution in [3.05, 3.63) is 12.4 Å². The molecule has 1 fully saturated rings. The molecule has 90 valence electrons. The highest BCUT2D eigenvalue weighted by atomic mass is 15.4. The second-order valence-electron chi connectivity index (χ2n) is 4.77. The maximum Gasteiger partial charge on any atom is 0.0692 e. The SMILES string of the molecule is CC(C)NC1CCN(CCn2ccnn2)C1. The lowest BCUT2D eigenvalue weighted by atomic mass is 10.2. The van der Waals surface area contributed by atoms with Gasteiger partial charge in [0.15, 0.2) is 0 Å². The van der Waals surface area contributed by atoms with E-state index >= 15 is 0 Å². The molecule has 2 heterocycles. The Morgan fingerprint density at radius 2 is 2.31 bits per heavy atom. The highest BCUT2D eigenvalue weighted by Gasteiger charge is 2.22. The minimum absolute atomic E-state index is 0.584. The van der Waals surface area contributed by atoms with Crippen LogP contribution in [0.15, 0.2) is 12.4 Å². The van der Waals surface area contributed by atoms with E-state index in [0.29, 0.717) is 12.1 Å². The summed E-state index contributed by atoms with van der Waals surface area (Å²) in [5.74, 6) is 0. The van der Waals surface area contributed by atoms with Crippen molar-refractivity contribution in [3.63, 3.8) is 0 Å². The maximum atomic E-state index is 3.97. The summed E-state index contributed by atoms with van der Waals surface area (Å²) < 4.78 is 1.89. The normalized spacial score (nSPS) is 22.1. The molecule has 2 rings (SSSR count). The van der Waals surface area contributed by atoms with Gasteiger partial charge in [-0.15, -0.1) is 5.10 Å². The van der Waals surface area contributed by atoms with Crippen LogP contribution in [0.1, 0.15) is 20.3 Å². The van der Waals surface area contributed by atoms with Crippen molar-refractivity contribution in [3.8, 4) is 0 Å². The second-order valence-corrected chi connectivity index (χ2v) is 4.77. The first-order chi connectivity index (χ1) is 7.74. The topological polar surface area (TPSA) is 46.0 Å². The summed E-state index contributed by atoms with van der Waals surface area (Å²) in [6, 6.07) is 1.25. The zero-order valence-electron chi connectivity index (χ0n) is 10.1. The Morgan fingerprint density at radius 3 is 3.00 bits per heavy atom. The molecule has 0 amide bonds. The van der Waals surface area contributed by atoms with Gasteiger partial charge in [-0.2, -0.15) is 0 Å². The molecule has 1 N–H and O–H groups in total. The average molecular weight is 223 g/mol. The number of aromatic nitrogens is 3. The van der Waals surface area contributed by atoms with Crippen LogP contribution in [0.2, 0.25) is 0 Å². The summed E-state index contributed by atoms with van der Waals surface area (Å²) in [6.45, 7) is 8.77. The molecular formula is C11H21N5. The zero-order valence-corrected chi connectivity index (χ0v) is 10.1. The van der Waals surface area contributed by atoms with Crippen molar-refractivity contribution in [2.75, 3.05) is 19.6 Å². The lowest BCUT2D eigenvalue weighted by Crippen LogP contribution is -2.37. The van der Waals surface area contributed by atoms with Crippen LogP contribution in [0.3, 0.4) is 0 Å². The molecular weight excluding hydrogens is 202 g/mol. The molecule has 1 unspecified atom stereocenters. The van der Waals surface area contributed by atoms with Gasteiger partial charge in [0.2, 0.25) is 0 Å². The number of rotatable bonds is 5. The largest absolute Gasteiger partial charge is 0.310 e. The Bertz CT molecular complexity index is 295. The average Bonchev–Trinajstić information content (AvgIpc) is 2.84. The fourth-order valence-electron chi connectivity index (χ4n) is 2.24. The van der Waals surface area contributed by atoms with Crippen LogP contribution < -0.4 is 5.32 Å². The molecule has 0 radical (unpaired) electrons. The quantitative estimate of drug-likeness (QED) is 0.782. The van der Waals surface area contributed by atoms with E-state index in [4.69, 9.17) is 0 Å². The maximum absolute atomic E-state index is 3.97. The van der Waals surface area contributed by atoms with Crippen LogP contribution in [-0.2, 0) is 6.54 Å². The van der Waals surface area contributed by atoms with Gasteiger partial charge in [-0.05, 0) is 13.0 Å². The van der Waals surface area contributed by atoms with E-state index in [9.17, 15) is 0 Å². The summed E-state index contributed by atoms with van der Waals surface area (Å²) in [6.07, 6.45) is 4.91. The molecule has 1 aromatic rings. The fourth-order valence-corrected chi connectivity index (χ4v) is 2.24. The Morgan fingerprint density at radius 1 is 1.44 bits per heavy atom. The Balaban J connectivity index is 1.69. The van der Waals surface area contributed by atoms with Gasteiger partial charge in [-0.1, -0.05) is 19.1 Å². The van der Waals surface area contributed by atoms with Crippen molar-refractivity contribution >= 4 is 0 Å². The lowest BCUT2D eigenvalue weighted by Gasteiger charge is -2.18. The molecule has 0 aromatic carbocycles. The molecule has 0 spiro atoms. The van der Waals surface area contributed by atoms with Gasteiger partial charge in [-0.25, -0.2) is 0 Å². The summed E-state index contributed by atoms with van der Waals surface area (Å²) in [7, 11) is 0. The van der Waals surface area contributed by atoms with Gasteiger partial charge in [0.25, 0.3) is 0 Å². The minimum atomic E-state index is 0.584. The Hall–Kier alpha value is -0.940. The highest BCUT2D eigenvalue weighted by molar-refractivity contribution is 4.82. The summed E-state index contributed by atoms with van der Waals surface area (Å²) in [4.78, 5) is 2.49. The number of hydrogen-bond donors (Lipinski definition) is 1. The van der Waals surface area contributed by atoms with E-state index in [1.165, 1.54) is 13.0 Å². The van der Waals surface area contributed by atoms with Gasteiger partial charge in [0.1, 0.15) is 0 Å². The first-order valence-corrected chi connectivity index (χ1v) is 6.06. The highest BCUT2D eigenvalue weighted by Crippen LogP contribution is 2.09. The molecule has 1 atom stereocenters. The summed E-state index contributed by atoms with van der Waals surface area (Å²) in [5, 5.41) is 11.4. The molecule has 16 heavy (non-hydrogen) atoms. The molecule has 1 aliphatic heterocycles. The van der Waals surface area contributed by atoms with E-state index in [-0.39, 0.29) is 0 Å². The lowest BCUT2D eigenvalue weighted by molar-refractivity contribution is 0.303. The van der Waals surface area contributed by atoms with E-state index < -0.39 is 0 Å². The number of likely N-dealkylation sites (tertiary alicyclic amines) is 1. The number of nitrogens with one attached hydrogen (secondary N) is 1. The fraction of sp³-hybridized carbons (Fsp3) is 0.818. The predicted molar refractivity (Wildman–Crippen MR) is 63.1 cm³/mol. The minimum Gasteiger partial charge on any atom is -0.310 e. The number of hydrogen-bond acceptors (Lipinski definition) is 4. The monoisotopic (exact) mass is 223 g/mol. The van der Waals surface area contributed by atoms with E-state index in [1.807, 2.05) is 10.9 Å². The zero-order chi connectivity index (χ0) is 11.4. The van der Waals surface area contributed by atoms with E-state index in [1.54, 1.807) is 6.20 Å². The molecule has 1 saturated heterocycles. The molecule has 5 heteroatoms. The van der Waals surface area contributed by atoms with Crippen molar-refractivity contribution in [2.45, 2.75) is 38.9 Å². The van der Waals surface area contributed by atoms with Crippen molar-refractivity contribution < 1.29 is 0 Å². The van der Waals surface area contributed by atoms with Crippen LogP contribution in [0.25, 0.3) is 0 Å². The van der Waals surface area contributed by atoms with Crippen LogP contribution >= 0.6 is 0 Å². The molecule has 0 aliphatic carbocycles.